The van der Waals surface area contributed by atoms with Crippen LogP contribution < -0.4 is 5.73 Å². The fraction of sp³-hybridized carbons (Fsp3) is 0.462. The van der Waals surface area contributed by atoms with Gasteiger partial charge in [0, 0.05) is 7.11 Å². The van der Waals surface area contributed by atoms with Crippen LogP contribution in [0.2, 0.25) is 0 Å². The minimum absolute atomic E-state index is 0.0102. The number of rotatable bonds is 7. The molecule has 1 rings (SSSR count). The van der Waals surface area contributed by atoms with Gasteiger partial charge < -0.3 is 10.5 Å². The Labute approximate surface area is 138 Å². The number of alkyl halides is 3. The highest BCUT2D eigenvalue weighted by Crippen LogP contribution is 2.30. The van der Waals surface area contributed by atoms with Gasteiger partial charge >= 0.3 is 6.18 Å². The topological polar surface area (TPSA) is 72.6 Å². The molecule has 0 spiro atoms. The van der Waals surface area contributed by atoms with E-state index < -0.39 is 33.7 Å². The van der Waals surface area contributed by atoms with E-state index in [4.69, 9.17) is 22.7 Å². The first-order valence-corrected chi connectivity index (χ1v) is 8.46. The van der Waals surface area contributed by atoms with Crippen molar-refractivity contribution in [1.29, 1.82) is 0 Å². The van der Waals surface area contributed by atoms with E-state index in [1.807, 2.05) is 0 Å². The molecule has 0 amide bonds. The fourth-order valence-electron chi connectivity index (χ4n) is 1.86. The number of nitrogens with zero attached hydrogens (tertiary/aromatic N) is 1. The second-order valence-corrected chi connectivity index (χ2v) is 7.25. The van der Waals surface area contributed by atoms with Crippen molar-refractivity contribution in [1.82, 2.24) is 4.31 Å². The number of benzene rings is 1. The van der Waals surface area contributed by atoms with Crippen molar-refractivity contribution in [3.63, 3.8) is 0 Å². The highest BCUT2D eigenvalue weighted by atomic mass is 32.2. The predicted molar refractivity (Wildman–Crippen MR) is 84.0 cm³/mol. The van der Waals surface area contributed by atoms with Crippen LogP contribution in [0.25, 0.3) is 0 Å². The van der Waals surface area contributed by atoms with E-state index in [0.29, 0.717) is 0 Å². The molecule has 1 aromatic carbocycles. The van der Waals surface area contributed by atoms with E-state index in [9.17, 15) is 21.6 Å². The van der Waals surface area contributed by atoms with Gasteiger partial charge in [0.15, 0.2) is 0 Å². The molecule has 0 saturated carbocycles. The summed E-state index contributed by atoms with van der Waals surface area (Å²) >= 11 is 4.71. The van der Waals surface area contributed by atoms with E-state index in [2.05, 4.69) is 0 Å². The molecule has 0 fully saturated rings. The normalized spacial score (nSPS) is 14.0. The van der Waals surface area contributed by atoms with Crippen LogP contribution in [0.5, 0.6) is 0 Å². The van der Waals surface area contributed by atoms with Crippen LogP contribution in [0.1, 0.15) is 18.1 Å². The first-order chi connectivity index (χ1) is 10.5. The van der Waals surface area contributed by atoms with Crippen molar-refractivity contribution < 1.29 is 26.3 Å². The summed E-state index contributed by atoms with van der Waals surface area (Å²) < 4.78 is 68.9. The molecule has 0 heterocycles. The van der Waals surface area contributed by atoms with Crippen LogP contribution in [0.15, 0.2) is 24.3 Å². The van der Waals surface area contributed by atoms with Crippen molar-refractivity contribution in [3.05, 3.63) is 35.4 Å². The molecule has 10 heteroatoms. The molecular weight excluding hydrogens is 353 g/mol. The minimum atomic E-state index is -4.54. The second kappa shape index (κ2) is 7.56. The molecule has 0 aliphatic heterocycles. The van der Waals surface area contributed by atoms with E-state index in [1.54, 1.807) is 0 Å². The third-order valence-corrected chi connectivity index (χ3v) is 4.99. The van der Waals surface area contributed by atoms with Crippen LogP contribution in [0.3, 0.4) is 0 Å². The van der Waals surface area contributed by atoms with Crippen molar-refractivity contribution in [2.24, 2.45) is 5.73 Å². The van der Waals surface area contributed by atoms with Gasteiger partial charge in [-0.05, 0) is 18.6 Å². The van der Waals surface area contributed by atoms with E-state index >= 15 is 0 Å². The van der Waals surface area contributed by atoms with Gasteiger partial charge in [-0.3, -0.25) is 0 Å². The lowest BCUT2D eigenvalue weighted by Gasteiger charge is -2.26. The van der Waals surface area contributed by atoms with Crippen LogP contribution >= 0.6 is 12.2 Å². The number of hydrogen-bond acceptors (Lipinski definition) is 4. The van der Waals surface area contributed by atoms with Crippen molar-refractivity contribution in [2.75, 3.05) is 13.7 Å². The zero-order valence-electron chi connectivity index (χ0n) is 12.5. The van der Waals surface area contributed by atoms with Gasteiger partial charge in [0.1, 0.15) is 6.23 Å². The summed E-state index contributed by atoms with van der Waals surface area (Å²) in [6.07, 6.45) is -5.40. The highest BCUT2D eigenvalue weighted by molar-refractivity contribution is 7.88. The molecule has 23 heavy (non-hydrogen) atoms. The Morgan fingerprint density at radius 2 is 2.04 bits per heavy atom. The van der Waals surface area contributed by atoms with E-state index in [1.165, 1.54) is 20.1 Å². The van der Waals surface area contributed by atoms with Crippen molar-refractivity contribution in [3.8, 4) is 0 Å². The Bertz CT molecular complexity index is 663. The number of sulfonamides is 1. The number of methoxy groups -OCH3 is 1. The Hall–Kier alpha value is -1.23. The summed E-state index contributed by atoms with van der Waals surface area (Å²) in [5.41, 5.74) is 4.48. The van der Waals surface area contributed by atoms with Crippen LogP contribution in [0, 0.1) is 0 Å². The first kappa shape index (κ1) is 19.8. The first-order valence-electron chi connectivity index (χ1n) is 6.44. The van der Waals surface area contributed by atoms with Crippen molar-refractivity contribution in [2.45, 2.75) is 25.1 Å². The maximum Gasteiger partial charge on any atom is 0.416 e. The van der Waals surface area contributed by atoms with Crippen LogP contribution in [-0.2, 0) is 26.7 Å². The Balaban J connectivity index is 3.11. The van der Waals surface area contributed by atoms with E-state index in [-0.39, 0.29) is 17.1 Å². The SMILES string of the molecule is COC(C)N(CC(N)=S)S(=O)(=O)Cc1cccc(C(F)(F)F)c1. The molecule has 1 aromatic rings. The second-order valence-electron chi connectivity index (χ2n) is 4.80. The van der Waals surface area contributed by atoms with Crippen LogP contribution in [0.4, 0.5) is 13.2 Å². The molecule has 0 bridgehead atoms. The summed E-state index contributed by atoms with van der Waals surface area (Å²) in [6.45, 7) is 1.22. The molecule has 0 aliphatic carbocycles. The van der Waals surface area contributed by atoms with Gasteiger partial charge in [0.25, 0.3) is 0 Å². The smallest absolute Gasteiger partial charge is 0.392 e. The zero-order valence-corrected chi connectivity index (χ0v) is 14.1. The van der Waals surface area contributed by atoms with Gasteiger partial charge in [-0.1, -0.05) is 30.4 Å². The zero-order chi connectivity index (χ0) is 17.8. The fourth-order valence-corrected chi connectivity index (χ4v) is 3.72. The number of halogens is 3. The molecule has 2 N–H and O–H groups in total. The monoisotopic (exact) mass is 370 g/mol. The predicted octanol–water partition coefficient (Wildman–Crippen LogP) is 2.12. The number of hydrogen-bond donors (Lipinski definition) is 1. The van der Waals surface area contributed by atoms with Gasteiger partial charge in [0.2, 0.25) is 10.0 Å². The highest BCUT2D eigenvalue weighted by Gasteiger charge is 2.32. The molecule has 0 aromatic heterocycles. The average Bonchev–Trinajstić information content (AvgIpc) is 2.42. The van der Waals surface area contributed by atoms with Crippen molar-refractivity contribution >= 4 is 27.2 Å². The van der Waals surface area contributed by atoms with E-state index in [0.717, 1.165) is 22.5 Å². The molecular formula is C13H17F3N2O3S2. The average molecular weight is 370 g/mol. The van der Waals surface area contributed by atoms with Crippen LogP contribution in [-0.4, -0.2) is 37.6 Å². The largest absolute Gasteiger partial charge is 0.416 e. The van der Waals surface area contributed by atoms with Gasteiger partial charge in [-0.2, -0.15) is 17.5 Å². The lowest BCUT2D eigenvalue weighted by molar-refractivity contribution is -0.137. The standard InChI is InChI=1S/C13H17F3N2O3S2/c1-9(21-2)18(7-12(17)22)23(19,20)8-10-4-3-5-11(6-10)13(14,15)16/h3-6,9H,7-8H2,1-2H3,(H2,17,22). The summed E-state index contributed by atoms with van der Waals surface area (Å²) in [7, 11) is -2.67. The molecule has 0 radical (unpaired) electrons. The van der Waals surface area contributed by atoms with Gasteiger partial charge in [0.05, 0.1) is 22.8 Å². The molecule has 0 aliphatic rings. The maximum atomic E-state index is 12.7. The summed E-state index contributed by atoms with van der Waals surface area (Å²) in [6, 6.07) is 4.14. The quantitative estimate of drug-likeness (QED) is 0.588. The molecule has 130 valence electrons. The van der Waals surface area contributed by atoms with Gasteiger partial charge in [-0.25, -0.2) is 8.42 Å². The lowest BCUT2D eigenvalue weighted by atomic mass is 10.1. The molecule has 1 unspecified atom stereocenters. The Kier molecular flexibility index (Phi) is 6.51. The third kappa shape index (κ3) is 5.72. The lowest BCUT2D eigenvalue weighted by Crippen LogP contribution is -2.44. The number of ether oxygens (including phenoxy) is 1. The Morgan fingerprint density at radius 3 is 2.52 bits per heavy atom. The van der Waals surface area contributed by atoms with Gasteiger partial charge in [-0.15, -0.1) is 0 Å². The molecule has 5 nitrogen and oxygen atoms in total. The number of nitrogens with two attached hydrogens (primary N) is 1. The molecule has 0 saturated heterocycles. The summed E-state index contributed by atoms with van der Waals surface area (Å²) in [4.78, 5) is -0.0680. The third-order valence-electron chi connectivity index (χ3n) is 3.02. The Morgan fingerprint density at radius 1 is 1.43 bits per heavy atom. The molecule has 1 atom stereocenters. The summed E-state index contributed by atoms with van der Waals surface area (Å²) in [5.74, 6) is -0.618. The summed E-state index contributed by atoms with van der Waals surface area (Å²) in [5, 5.41) is 0. The number of thiocarbonyl (C=S) groups is 1. The maximum absolute atomic E-state index is 12.7. The minimum Gasteiger partial charge on any atom is -0.392 e.